The molecule has 2 N–H and O–H groups in total. The van der Waals surface area contributed by atoms with E-state index in [-0.39, 0.29) is 11.9 Å². The molecule has 2 rings (SSSR count). The molecule has 7 heteroatoms. The Morgan fingerprint density at radius 3 is 2.71 bits per heavy atom. The van der Waals surface area contributed by atoms with Crippen LogP contribution in [0.25, 0.3) is 11.4 Å². The predicted molar refractivity (Wildman–Crippen MR) is 90.5 cm³/mol. The number of benzene rings is 1. The number of aryl methyl sites for hydroxylation is 1. The van der Waals surface area contributed by atoms with E-state index in [0.29, 0.717) is 37.7 Å². The summed E-state index contributed by atoms with van der Waals surface area (Å²) in [6.45, 7) is 4.91. The Morgan fingerprint density at radius 1 is 1.38 bits per heavy atom. The molecule has 130 valence electrons. The van der Waals surface area contributed by atoms with Crippen LogP contribution in [-0.4, -0.2) is 47.2 Å². The highest BCUT2D eigenvalue weighted by Crippen LogP contribution is 2.20. The quantitative estimate of drug-likeness (QED) is 0.793. The third-order valence-corrected chi connectivity index (χ3v) is 3.84. The molecule has 1 aromatic heterocycles. The monoisotopic (exact) mass is 332 g/mol. The fraction of sp³-hybridized carbons (Fsp3) is 0.471. The summed E-state index contributed by atoms with van der Waals surface area (Å²) in [5, 5.41) is 3.96. The zero-order chi connectivity index (χ0) is 17.5. The Bertz CT molecular complexity index is 654. The van der Waals surface area contributed by atoms with Crippen molar-refractivity contribution in [1.82, 2.24) is 15.0 Å². The van der Waals surface area contributed by atoms with E-state index in [4.69, 9.17) is 15.0 Å². The van der Waals surface area contributed by atoms with Crippen LogP contribution in [-0.2, 0) is 11.2 Å². The second-order valence-electron chi connectivity index (χ2n) is 5.56. The van der Waals surface area contributed by atoms with Crippen molar-refractivity contribution in [2.75, 3.05) is 20.2 Å². The van der Waals surface area contributed by atoms with Crippen molar-refractivity contribution in [3.05, 3.63) is 30.2 Å². The molecule has 1 heterocycles. The van der Waals surface area contributed by atoms with Gasteiger partial charge in [-0.05, 0) is 38.1 Å². The third-order valence-electron chi connectivity index (χ3n) is 3.84. The number of likely N-dealkylation sites (N-methyl/N-ethyl adjacent to an activating group) is 1. The number of aromatic nitrogens is 2. The molecule has 0 saturated carbocycles. The number of nitrogens with zero attached hydrogens (tertiary/aromatic N) is 3. The molecule has 7 nitrogen and oxygen atoms in total. The topological polar surface area (TPSA) is 94.5 Å². The summed E-state index contributed by atoms with van der Waals surface area (Å²) >= 11 is 0. The first-order chi connectivity index (χ1) is 11.5. The SMILES string of the molecule is CCOc1ccc(-c2noc(CCC(=O)N(C)C(C)CN)n2)cc1. The number of nitrogens with two attached hydrogens (primary N) is 1. The largest absolute Gasteiger partial charge is 0.494 e. The van der Waals surface area contributed by atoms with Gasteiger partial charge in [0.15, 0.2) is 0 Å². The molecule has 0 aliphatic heterocycles. The lowest BCUT2D eigenvalue weighted by atomic mass is 10.2. The molecule has 0 aliphatic rings. The van der Waals surface area contributed by atoms with Crippen molar-refractivity contribution in [1.29, 1.82) is 0 Å². The van der Waals surface area contributed by atoms with Crippen LogP contribution >= 0.6 is 0 Å². The second kappa shape index (κ2) is 8.44. The first kappa shape index (κ1) is 17.9. The average molecular weight is 332 g/mol. The van der Waals surface area contributed by atoms with Crippen LogP contribution in [0.2, 0.25) is 0 Å². The van der Waals surface area contributed by atoms with E-state index in [1.807, 2.05) is 38.1 Å². The molecule has 1 unspecified atom stereocenters. The van der Waals surface area contributed by atoms with E-state index in [9.17, 15) is 4.79 Å². The summed E-state index contributed by atoms with van der Waals surface area (Å²) in [7, 11) is 1.75. The van der Waals surface area contributed by atoms with Gasteiger partial charge in [0.25, 0.3) is 0 Å². The lowest BCUT2D eigenvalue weighted by Crippen LogP contribution is -2.39. The highest BCUT2D eigenvalue weighted by Gasteiger charge is 2.16. The summed E-state index contributed by atoms with van der Waals surface area (Å²) in [6, 6.07) is 7.49. The van der Waals surface area contributed by atoms with Gasteiger partial charge in [-0.15, -0.1) is 0 Å². The van der Waals surface area contributed by atoms with Gasteiger partial charge in [-0.3, -0.25) is 4.79 Å². The van der Waals surface area contributed by atoms with Crippen molar-refractivity contribution in [3.8, 4) is 17.1 Å². The number of rotatable bonds is 8. The molecule has 0 saturated heterocycles. The molecule has 0 aliphatic carbocycles. The average Bonchev–Trinajstić information content (AvgIpc) is 3.08. The zero-order valence-corrected chi connectivity index (χ0v) is 14.4. The summed E-state index contributed by atoms with van der Waals surface area (Å²) in [4.78, 5) is 18.0. The van der Waals surface area contributed by atoms with Crippen molar-refractivity contribution in [2.24, 2.45) is 5.73 Å². The minimum Gasteiger partial charge on any atom is -0.494 e. The van der Waals surface area contributed by atoms with Gasteiger partial charge in [-0.1, -0.05) is 5.16 Å². The number of ether oxygens (including phenoxy) is 1. The highest BCUT2D eigenvalue weighted by atomic mass is 16.5. The smallest absolute Gasteiger partial charge is 0.227 e. The Labute approximate surface area is 141 Å². The van der Waals surface area contributed by atoms with Gasteiger partial charge in [0.2, 0.25) is 17.6 Å². The zero-order valence-electron chi connectivity index (χ0n) is 14.4. The van der Waals surface area contributed by atoms with Crippen LogP contribution in [0.5, 0.6) is 5.75 Å². The molecule has 0 spiro atoms. The van der Waals surface area contributed by atoms with Crippen molar-refractivity contribution in [3.63, 3.8) is 0 Å². The van der Waals surface area contributed by atoms with Gasteiger partial charge in [-0.25, -0.2) is 0 Å². The number of amides is 1. The summed E-state index contributed by atoms with van der Waals surface area (Å²) in [5.74, 6) is 1.76. The molecular weight excluding hydrogens is 308 g/mol. The fourth-order valence-electron chi connectivity index (χ4n) is 2.13. The fourth-order valence-corrected chi connectivity index (χ4v) is 2.13. The Hall–Kier alpha value is -2.41. The highest BCUT2D eigenvalue weighted by molar-refractivity contribution is 5.76. The number of hydrogen-bond donors (Lipinski definition) is 1. The van der Waals surface area contributed by atoms with Crippen LogP contribution < -0.4 is 10.5 Å². The molecule has 0 fully saturated rings. The lowest BCUT2D eigenvalue weighted by Gasteiger charge is -2.23. The van der Waals surface area contributed by atoms with Crippen molar-refractivity contribution >= 4 is 5.91 Å². The van der Waals surface area contributed by atoms with E-state index in [0.717, 1.165) is 11.3 Å². The van der Waals surface area contributed by atoms with Crippen LogP contribution in [0.3, 0.4) is 0 Å². The van der Waals surface area contributed by atoms with Gasteiger partial charge >= 0.3 is 0 Å². The minimum absolute atomic E-state index is 0.00812. The van der Waals surface area contributed by atoms with Gasteiger partial charge < -0.3 is 19.9 Å². The molecule has 0 radical (unpaired) electrons. The van der Waals surface area contributed by atoms with Crippen LogP contribution in [0.15, 0.2) is 28.8 Å². The number of hydrogen-bond acceptors (Lipinski definition) is 6. The Kier molecular flexibility index (Phi) is 6.31. The molecule has 1 aromatic carbocycles. The van der Waals surface area contributed by atoms with E-state index in [2.05, 4.69) is 10.1 Å². The molecule has 1 amide bonds. The van der Waals surface area contributed by atoms with Crippen molar-refractivity contribution < 1.29 is 14.1 Å². The number of carbonyl (C=O) groups is 1. The minimum atomic E-state index is 0.00812. The molecular formula is C17H24N4O3. The van der Waals surface area contributed by atoms with Gasteiger partial charge in [0.1, 0.15) is 5.75 Å². The first-order valence-corrected chi connectivity index (χ1v) is 8.06. The summed E-state index contributed by atoms with van der Waals surface area (Å²) in [6.07, 6.45) is 0.718. The second-order valence-corrected chi connectivity index (χ2v) is 5.56. The molecule has 0 bridgehead atoms. The predicted octanol–water partition coefficient (Wildman–Crippen LogP) is 1.87. The maximum absolute atomic E-state index is 12.1. The van der Waals surface area contributed by atoms with Crippen LogP contribution in [0.1, 0.15) is 26.2 Å². The third kappa shape index (κ3) is 4.55. The van der Waals surface area contributed by atoms with E-state index < -0.39 is 0 Å². The Morgan fingerprint density at radius 2 is 2.08 bits per heavy atom. The van der Waals surface area contributed by atoms with Gasteiger partial charge in [-0.2, -0.15) is 4.98 Å². The van der Waals surface area contributed by atoms with Gasteiger partial charge in [0.05, 0.1) is 6.61 Å². The maximum Gasteiger partial charge on any atom is 0.227 e. The lowest BCUT2D eigenvalue weighted by molar-refractivity contribution is -0.131. The van der Waals surface area contributed by atoms with Gasteiger partial charge in [0, 0.05) is 38.0 Å². The van der Waals surface area contributed by atoms with Crippen molar-refractivity contribution in [2.45, 2.75) is 32.7 Å². The maximum atomic E-state index is 12.1. The standard InChI is InChI=1S/C17H24N4O3/c1-4-23-14-7-5-13(6-8-14)17-19-15(24-20-17)9-10-16(22)21(3)12(2)11-18/h5-8,12H,4,9-11,18H2,1-3H3. The molecule has 24 heavy (non-hydrogen) atoms. The summed E-state index contributed by atoms with van der Waals surface area (Å²) in [5.41, 5.74) is 6.41. The molecule has 1 atom stereocenters. The van der Waals surface area contributed by atoms with E-state index in [1.54, 1.807) is 11.9 Å². The molecule has 2 aromatic rings. The summed E-state index contributed by atoms with van der Waals surface area (Å²) < 4.78 is 10.6. The van der Waals surface area contributed by atoms with Crippen LogP contribution in [0, 0.1) is 0 Å². The Balaban J connectivity index is 1.94. The van der Waals surface area contributed by atoms with Crippen LogP contribution in [0.4, 0.5) is 0 Å². The normalized spacial score (nSPS) is 12.0. The number of carbonyl (C=O) groups excluding carboxylic acids is 1. The first-order valence-electron chi connectivity index (χ1n) is 8.06. The van der Waals surface area contributed by atoms with E-state index in [1.165, 1.54) is 0 Å². The van der Waals surface area contributed by atoms with E-state index >= 15 is 0 Å².